The molecule has 1 unspecified atom stereocenters. The van der Waals surface area contributed by atoms with Crippen molar-refractivity contribution in [3.8, 4) is 5.75 Å². The molecule has 0 radical (unpaired) electrons. The number of carbonyl (C=O) groups is 1. The number of nitrogens with one attached hydrogen (secondary N) is 2. The zero-order valence-electron chi connectivity index (χ0n) is 13.3. The van der Waals surface area contributed by atoms with E-state index in [4.69, 9.17) is 9.84 Å². The molecule has 1 aromatic carbocycles. The van der Waals surface area contributed by atoms with E-state index in [-0.39, 0.29) is 24.1 Å². The lowest BCUT2D eigenvalue weighted by Gasteiger charge is -2.19. The van der Waals surface area contributed by atoms with E-state index in [0.717, 1.165) is 5.75 Å². The number of benzene rings is 1. The van der Waals surface area contributed by atoms with Crippen LogP contribution >= 0.6 is 0 Å². The lowest BCUT2D eigenvalue weighted by atomic mass is 9.87. The Labute approximate surface area is 126 Å². The molecule has 118 valence electrons. The number of urea groups is 1. The minimum atomic E-state index is -0.302. The molecule has 0 saturated carbocycles. The van der Waals surface area contributed by atoms with Crippen LogP contribution in [-0.2, 0) is 5.41 Å². The predicted molar refractivity (Wildman–Crippen MR) is 83.7 cm³/mol. The summed E-state index contributed by atoms with van der Waals surface area (Å²) >= 11 is 0. The van der Waals surface area contributed by atoms with Crippen LogP contribution in [0, 0.1) is 0 Å². The van der Waals surface area contributed by atoms with Crippen molar-refractivity contribution in [3.05, 3.63) is 29.8 Å². The summed E-state index contributed by atoms with van der Waals surface area (Å²) in [7, 11) is 0. The van der Waals surface area contributed by atoms with Crippen molar-refractivity contribution in [2.45, 2.75) is 39.2 Å². The second-order valence-electron chi connectivity index (χ2n) is 6.11. The maximum absolute atomic E-state index is 11.4. The summed E-state index contributed by atoms with van der Waals surface area (Å²) < 4.78 is 5.63. The van der Waals surface area contributed by atoms with E-state index in [9.17, 15) is 4.79 Å². The van der Waals surface area contributed by atoms with E-state index >= 15 is 0 Å². The summed E-state index contributed by atoms with van der Waals surface area (Å²) in [6, 6.07) is 7.42. The monoisotopic (exact) mass is 294 g/mol. The standard InChI is InChI=1S/C16H26N2O3/c1-12(11-19)18-15(20)17-8-9-21-14-7-5-6-13(10-14)16(2,3)4/h5-7,10,12,19H,8-9,11H2,1-4H3,(H2,17,18,20). The number of amides is 2. The highest BCUT2D eigenvalue weighted by Gasteiger charge is 2.13. The molecule has 0 heterocycles. The molecule has 0 aliphatic heterocycles. The second-order valence-corrected chi connectivity index (χ2v) is 6.11. The molecule has 21 heavy (non-hydrogen) atoms. The molecule has 0 aliphatic carbocycles. The van der Waals surface area contributed by atoms with Gasteiger partial charge in [-0.05, 0) is 30.0 Å². The summed E-state index contributed by atoms with van der Waals surface area (Å²) in [5.41, 5.74) is 1.29. The van der Waals surface area contributed by atoms with E-state index in [1.54, 1.807) is 6.92 Å². The number of carbonyl (C=O) groups excluding carboxylic acids is 1. The maximum atomic E-state index is 11.4. The fourth-order valence-corrected chi connectivity index (χ4v) is 1.71. The largest absolute Gasteiger partial charge is 0.492 e. The van der Waals surface area contributed by atoms with Crippen LogP contribution in [0.15, 0.2) is 24.3 Å². The summed E-state index contributed by atoms with van der Waals surface area (Å²) in [5.74, 6) is 0.799. The third-order valence-electron chi connectivity index (χ3n) is 3.01. The molecule has 2 amide bonds. The van der Waals surface area contributed by atoms with Crippen LogP contribution in [0.3, 0.4) is 0 Å². The minimum Gasteiger partial charge on any atom is -0.492 e. The van der Waals surface area contributed by atoms with Crippen LogP contribution in [0.2, 0.25) is 0 Å². The van der Waals surface area contributed by atoms with Crippen molar-refractivity contribution in [2.75, 3.05) is 19.8 Å². The number of ether oxygens (including phenoxy) is 1. The van der Waals surface area contributed by atoms with Gasteiger partial charge in [0.25, 0.3) is 0 Å². The van der Waals surface area contributed by atoms with Crippen molar-refractivity contribution in [1.82, 2.24) is 10.6 Å². The third-order valence-corrected chi connectivity index (χ3v) is 3.01. The predicted octanol–water partition coefficient (Wildman–Crippen LogP) is 2.04. The van der Waals surface area contributed by atoms with Crippen LogP contribution in [0.1, 0.15) is 33.3 Å². The van der Waals surface area contributed by atoms with Crippen molar-refractivity contribution < 1.29 is 14.6 Å². The fraction of sp³-hybridized carbons (Fsp3) is 0.562. The molecular weight excluding hydrogens is 268 g/mol. The Morgan fingerprint density at radius 1 is 1.38 bits per heavy atom. The Balaban J connectivity index is 2.35. The Morgan fingerprint density at radius 3 is 2.71 bits per heavy atom. The molecule has 1 atom stereocenters. The molecule has 0 aliphatic rings. The van der Waals surface area contributed by atoms with Crippen molar-refractivity contribution >= 4 is 6.03 Å². The van der Waals surface area contributed by atoms with Crippen LogP contribution in [-0.4, -0.2) is 36.9 Å². The molecule has 0 aromatic heterocycles. The summed E-state index contributed by atoms with van der Waals surface area (Å²) in [5, 5.41) is 14.1. The molecular formula is C16H26N2O3. The van der Waals surface area contributed by atoms with E-state index in [2.05, 4.69) is 37.5 Å². The molecule has 0 saturated heterocycles. The first-order chi connectivity index (χ1) is 9.82. The maximum Gasteiger partial charge on any atom is 0.315 e. The Kier molecular flexibility index (Phi) is 6.49. The van der Waals surface area contributed by atoms with Gasteiger partial charge in [-0.15, -0.1) is 0 Å². The normalized spacial score (nSPS) is 12.6. The van der Waals surface area contributed by atoms with E-state index in [1.807, 2.05) is 18.2 Å². The molecule has 5 nitrogen and oxygen atoms in total. The van der Waals surface area contributed by atoms with Gasteiger partial charge in [0, 0.05) is 0 Å². The lowest BCUT2D eigenvalue weighted by molar-refractivity contribution is 0.218. The van der Waals surface area contributed by atoms with Gasteiger partial charge >= 0.3 is 6.03 Å². The van der Waals surface area contributed by atoms with Crippen LogP contribution in [0.4, 0.5) is 4.79 Å². The Hall–Kier alpha value is -1.75. The first kappa shape index (κ1) is 17.3. The summed E-state index contributed by atoms with van der Waals surface area (Å²) in [4.78, 5) is 11.4. The number of hydrogen-bond acceptors (Lipinski definition) is 3. The Morgan fingerprint density at radius 2 is 2.10 bits per heavy atom. The first-order valence-electron chi connectivity index (χ1n) is 7.21. The van der Waals surface area contributed by atoms with Gasteiger partial charge in [0.05, 0.1) is 19.2 Å². The van der Waals surface area contributed by atoms with Gasteiger partial charge in [0.15, 0.2) is 0 Å². The third kappa shape index (κ3) is 6.49. The highest BCUT2D eigenvalue weighted by molar-refractivity contribution is 5.74. The molecule has 0 bridgehead atoms. The molecule has 0 spiro atoms. The van der Waals surface area contributed by atoms with Crippen molar-refractivity contribution in [2.24, 2.45) is 0 Å². The van der Waals surface area contributed by atoms with Crippen LogP contribution in [0.25, 0.3) is 0 Å². The molecule has 1 aromatic rings. The molecule has 5 heteroatoms. The van der Waals surface area contributed by atoms with Gasteiger partial charge in [-0.3, -0.25) is 0 Å². The zero-order valence-corrected chi connectivity index (χ0v) is 13.3. The SMILES string of the molecule is CC(CO)NC(=O)NCCOc1cccc(C(C)(C)C)c1. The fourth-order valence-electron chi connectivity index (χ4n) is 1.71. The second kappa shape index (κ2) is 7.88. The van der Waals surface area contributed by atoms with E-state index in [0.29, 0.717) is 13.2 Å². The molecule has 1 rings (SSSR count). The van der Waals surface area contributed by atoms with E-state index < -0.39 is 0 Å². The Bertz CT molecular complexity index is 455. The highest BCUT2D eigenvalue weighted by atomic mass is 16.5. The number of aliphatic hydroxyl groups is 1. The number of aliphatic hydroxyl groups excluding tert-OH is 1. The number of rotatable bonds is 6. The number of hydrogen-bond donors (Lipinski definition) is 3. The quantitative estimate of drug-likeness (QED) is 0.703. The summed E-state index contributed by atoms with van der Waals surface area (Å²) in [6.07, 6.45) is 0. The van der Waals surface area contributed by atoms with Gasteiger partial charge in [-0.1, -0.05) is 32.9 Å². The smallest absolute Gasteiger partial charge is 0.315 e. The molecule has 3 N–H and O–H groups in total. The van der Waals surface area contributed by atoms with E-state index in [1.165, 1.54) is 5.56 Å². The van der Waals surface area contributed by atoms with Crippen molar-refractivity contribution in [3.63, 3.8) is 0 Å². The van der Waals surface area contributed by atoms with Gasteiger partial charge in [0.2, 0.25) is 0 Å². The van der Waals surface area contributed by atoms with Gasteiger partial charge in [0.1, 0.15) is 12.4 Å². The van der Waals surface area contributed by atoms with Crippen molar-refractivity contribution in [1.29, 1.82) is 0 Å². The summed E-state index contributed by atoms with van der Waals surface area (Å²) in [6.45, 7) is 8.91. The van der Waals surface area contributed by atoms with Gasteiger partial charge in [-0.2, -0.15) is 0 Å². The van der Waals surface area contributed by atoms with Gasteiger partial charge < -0.3 is 20.5 Å². The minimum absolute atomic E-state index is 0.0798. The van der Waals surface area contributed by atoms with Crippen LogP contribution < -0.4 is 15.4 Å². The lowest BCUT2D eigenvalue weighted by Crippen LogP contribution is -2.43. The molecule has 0 fully saturated rings. The average molecular weight is 294 g/mol. The highest BCUT2D eigenvalue weighted by Crippen LogP contribution is 2.25. The topological polar surface area (TPSA) is 70.6 Å². The zero-order chi connectivity index (χ0) is 15.9. The van der Waals surface area contributed by atoms with Gasteiger partial charge in [-0.25, -0.2) is 4.79 Å². The van der Waals surface area contributed by atoms with Crippen LogP contribution in [0.5, 0.6) is 5.75 Å². The average Bonchev–Trinajstić information content (AvgIpc) is 2.43. The first-order valence-corrected chi connectivity index (χ1v) is 7.21.